The average molecular weight is 410 g/mol. The normalized spacial score (nSPS) is 11.1. The first-order chi connectivity index (χ1) is 14.0. The lowest BCUT2D eigenvalue weighted by Gasteiger charge is -2.26. The van der Waals surface area contributed by atoms with Gasteiger partial charge in [-0.05, 0) is 42.3 Å². The molecule has 0 aliphatic rings. The van der Waals surface area contributed by atoms with Crippen LogP contribution in [0.25, 0.3) is 0 Å². The number of anilines is 1. The van der Waals surface area contributed by atoms with E-state index in [1.165, 1.54) is 16.4 Å². The van der Waals surface area contributed by atoms with Gasteiger partial charge in [-0.1, -0.05) is 49.4 Å². The molecule has 0 unspecified atom stereocenters. The summed E-state index contributed by atoms with van der Waals surface area (Å²) in [5.41, 5.74) is 2.06. The maximum Gasteiger partial charge on any atom is 0.264 e. The van der Waals surface area contributed by atoms with Crippen LogP contribution in [-0.4, -0.2) is 25.9 Å². The summed E-state index contributed by atoms with van der Waals surface area (Å²) in [4.78, 5) is 16.9. The SMILES string of the molecule is CCc1ccccc1N(CC(=O)NCc1ccccn1)S(=O)(=O)c1ccccc1. The summed E-state index contributed by atoms with van der Waals surface area (Å²) in [6, 6.07) is 20.8. The largest absolute Gasteiger partial charge is 0.349 e. The van der Waals surface area contributed by atoms with Crippen molar-refractivity contribution in [1.29, 1.82) is 0 Å². The third-order valence-corrected chi connectivity index (χ3v) is 6.23. The number of hydrogen-bond acceptors (Lipinski definition) is 4. The van der Waals surface area contributed by atoms with Crippen LogP contribution in [0, 0.1) is 0 Å². The van der Waals surface area contributed by atoms with Gasteiger partial charge in [0.15, 0.2) is 0 Å². The summed E-state index contributed by atoms with van der Waals surface area (Å²) in [5.74, 6) is -0.402. The predicted octanol–water partition coefficient (Wildman–Crippen LogP) is 3.16. The Kier molecular flexibility index (Phi) is 6.61. The quantitative estimate of drug-likeness (QED) is 0.620. The van der Waals surface area contributed by atoms with Gasteiger partial charge in [-0.3, -0.25) is 14.1 Å². The van der Waals surface area contributed by atoms with E-state index in [9.17, 15) is 13.2 Å². The average Bonchev–Trinajstić information content (AvgIpc) is 2.77. The lowest BCUT2D eigenvalue weighted by molar-refractivity contribution is -0.119. The standard InChI is InChI=1S/C22H23N3O3S/c1-2-18-10-6-7-14-21(18)25(29(27,28)20-12-4-3-5-13-20)17-22(26)24-16-19-11-8-9-15-23-19/h3-15H,2,16-17H2,1H3,(H,24,26). The number of amides is 1. The molecule has 3 aromatic rings. The number of benzene rings is 2. The number of aromatic nitrogens is 1. The van der Waals surface area contributed by atoms with Crippen LogP contribution in [0.4, 0.5) is 5.69 Å². The Labute approximate surface area is 171 Å². The molecule has 0 radical (unpaired) electrons. The van der Waals surface area contributed by atoms with Crippen molar-refractivity contribution in [3.8, 4) is 0 Å². The number of aryl methyl sites for hydroxylation is 1. The number of rotatable bonds is 8. The van der Waals surface area contributed by atoms with E-state index in [2.05, 4.69) is 10.3 Å². The van der Waals surface area contributed by atoms with Gasteiger partial charge >= 0.3 is 0 Å². The molecule has 0 bridgehead atoms. The Morgan fingerprint density at radius 2 is 1.66 bits per heavy atom. The Bertz CT molecular complexity index is 1050. The molecule has 1 heterocycles. The van der Waals surface area contributed by atoms with Gasteiger partial charge in [0.25, 0.3) is 10.0 Å². The third kappa shape index (κ3) is 5.00. The van der Waals surface area contributed by atoms with Gasteiger partial charge in [0.05, 0.1) is 22.8 Å². The molecule has 1 amide bonds. The van der Waals surface area contributed by atoms with Crippen molar-refractivity contribution in [1.82, 2.24) is 10.3 Å². The molecule has 1 aromatic heterocycles. The molecule has 0 saturated heterocycles. The fourth-order valence-corrected chi connectivity index (χ4v) is 4.43. The van der Waals surface area contributed by atoms with Crippen molar-refractivity contribution in [3.05, 3.63) is 90.3 Å². The van der Waals surface area contributed by atoms with Crippen LogP contribution in [0.5, 0.6) is 0 Å². The highest BCUT2D eigenvalue weighted by molar-refractivity contribution is 7.92. The van der Waals surface area contributed by atoms with Crippen LogP contribution in [-0.2, 0) is 27.8 Å². The Morgan fingerprint density at radius 3 is 2.34 bits per heavy atom. The second-order valence-corrected chi connectivity index (χ2v) is 8.27. The molecule has 0 aliphatic carbocycles. The van der Waals surface area contributed by atoms with Crippen molar-refractivity contribution >= 4 is 21.6 Å². The van der Waals surface area contributed by atoms with Crippen molar-refractivity contribution in [2.75, 3.05) is 10.8 Å². The molecular weight excluding hydrogens is 386 g/mol. The molecule has 0 spiro atoms. The van der Waals surface area contributed by atoms with E-state index in [0.717, 1.165) is 5.56 Å². The molecule has 150 valence electrons. The van der Waals surface area contributed by atoms with Gasteiger partial charge in [-0.2, -0.15) is 0 Å². The van der Waals surface area contributed by atoms with Crippen molar-refractivity contribution in [2.24, 2.45) is 0 Å². The number of hydrogen-bond donors (Lipinski definition) is 1. The Morgan fingerprint density at radius 1 is 0.966 bits per heavy atom. The van der Waals surface area contributed by atoms with E-state index in [4.69, 9.17) is 0 Å². The summed E-state index contributed by atoms with van der Waals surface area (Å²) < 4.78 is 27.9. The van der Waals surface area contributed by atoms with E-state index < -0.39 is 15.9 Å². The zero-order valence-electron chi connectivity index (χ0n) is 16.2. The van der Waals surface area contributed by atoms with E-state index in [-0.39, 0.29) is 18.0 Å². The zero-order chi connectivity index (χ0) is 20.7. The molecule has 0 saturated carbocycles. The molecular formula is C22H23N3O3S. The van der Waals surface area contributed by atoms with Crippen molar-refractivity contribution in [3.63, 3.8) is 0 Å². The van der Waals surface area contributed by atoms with Gasteiger partial charge in [0, 0.05) is 6.20 Å². The van der Waals surface area contributed by atoms with Crippen LogP contribution < -0.4 is 9.62 Å². The van der Waals surface area contributed by atoms with Crippen LogP contribution in [0.15, 0.2) is 83.9 Å². The van der Waals surface area contributed by atoms with E-state index in [1.807, 2.05) is 25.1 Å². The topological polar surface area (TPSA) is 79.4 Å². The van der Waals surface area contributed by atoms with Gasteiger partial charge in [-0.25, -0.2) is 8.42 Å². The molecule has 0 atom stereocenters. The summed E-state index contributed by atoms with van der Waals surface area (Å²) in [6.07, 6.45) is 2.29. The molecule has 29 heavy (non-hydrogen) atoms. The first kappa shape index (κ1) is 20.5. The van der Waals surface area contributed by atoms with Crippen molar-refractivity contribution < 1.29 is 13.2 Å². The molecule has 1 N–H and O–H groups in total. The molecule has 2 aromatic carbocycles. The monoisotopic (exact) mass is 409 g/mol. The van der Waals surface area contributed by atoms with Crippen LogP contribution >= 0.6 is 0 Å². The fourth-order valence-electron chi connectivity index (χ4n) is 2.95. The van der Waals surface area contributed by atoms with E-state index >= 15 is 0 Å². The first-order valence-electron chi connectivity index (χ1n) is 9.34. The van der Waals surface area contributed by atoms with E-state index in [1.54, 1.807) is 48.7 Å². The minimum absolute atomic E-state index is 0.142. The molecule has 3 rings (SSSR count). The molecule has 7 heteroatoms. The Balaban J connectivity index is 1.90. The predicted molar refractivity (Wildman–Crippen MR) is 113 cm³/mol. The van der Waals surface area contributed by atoms with Gasteiger partial charge in [-0.15, -0.1) is 0 Å². The molecule has 0 fully saturated rings. The highest BCUT2D eigenvalue weighted by atomic mass is 32.2. The molecule has 0 aliphatic heterocycles. The number of pyridine rings is 1. The number of carbonyl (C=O) groups is 1. The lowest BCUT2D eigenvalue weighted by Crippen LogP contribution is -2.41. The minimum atomic E-state index is -3.91. The van der Waals surface area contributed by atoms with Crippen molar-refractivity contribution in [2.45, 2.75) is 24.8 Å². The number of para-hydroxylation sites is 1. The molecule has 6 nitrogen and oxygen atoms in total. The maximum atomic E-state index is 13.3. The maximum absolute atomic E-state index is 13.3. The zero-order valence-corrected chi connectivity index (χ0v) is 17.0. The van der Waals surface area contributed by atoms with E-state index in [0.29, 0.717) is 17.8 Å². The van der Waals surface area contributed by atoms with Gasteiger partial charge in [0.2, 0.25) is 5.91 Å². The minimum Gasteiger partial charge on any atom is -0.349 e. The number of nitrogens with zero attached hydrogens (tertiary/aromatic N) is 2. The number of sulfonamides is 1. The first-order valence-corrected chi connectivity index (χ1v) is 10.8. The summed E-state index contributed by atoms with van der Waals surface area (Å²) >= 11 is 0. The second-order valence-electron chi connectivity index (χ2n) is 6.40. The number of carbonyl (C=O) groups excluding carboxylic acids is 1. The van der Waals surface area contributed by atoms with Crippen LogP contribution in [0.1, 0.15) is 18.2 Å². The summed E-state index contributed by atoms with van der Waals surface area (Å²) in [6.45, 7) is 1.86. The fraction of sp³-hybridized carbons (Fsp3) is 0.182. The highest BCUT2D eigenvalue weighted by Crippen LogP contribution is 2.27. The third-order valence-electron chi connectivity index (χ3n) is 4.45. The Hall–Kier alpha value is -3.19. The van der Waals surface area contributed by atoms with Gasteiger partial charge < -0.3 is 5.32 Å². The number of nitrogens with one attached hydrogen (secondary N) is 1. The highest BCUT2D eigenvalue weighted by Gasteiger charge is 2.28. The summed E-state index contributed by atoms with van der Waals surface area (Å²) in [7, 11) is -3.91. The summed E-state index contributed by atoms with van der Waals surface area (Å²) in [5, 5.41) is 2.75. The smallest absolute Gasteiger partial charge is 0.264 e. The van der Waals surface area contributed by atoms with Crippen LogP contribution in [0.3, 0.4) is 0 Å². The van der Waals surface area contributed by atoms with Gasteiger partial charge in [0.1, 0.15) is 6.54 Å². The second kappa shape index (κ2) is 9.34. The van der Waals surface area contributed by atoms with Crippen LogP contribution in [0.2, 0.25) is 0 Å². The lowest BCUT2D eigenvalue weighted by atomic mass is 10.1.